The molecular formula is C21H24N4O4S. The van der Waals surface area contributed by atoms with E-state index in [9.17, 15) is 9.59 Å². The van der Waals surface area contributed by atoms with E-state index in [2.05, 4.69) is 5.32 Å². The van der Waals surface area contributed by atoms with Gasteiger partial charge in [-0.15, -0.1) is 0 Å². The molecule has 1 aliphatic rings. The molecule has 1 heterocycles. The summed E-state index contributed by atoms with van der Waals surface area (Å²) in [4.78, 5) is 27.3. The number of benzene rings is 2. The van der Waals surface area contributed by atoms with Gasteiger partial charge < -0.3 is 14.8 Å². The van der Waals surface area contributed by atoms with Crippen molar-refractivity contribution in [2.24, 2.45) is 0 Å². The summed E-state index contributed by atoms with van der Waals surface area (Å²) in [5.74, 6) is 0.822. The minimum absolute atomic E-state index is 0.0458. The molecule has 0 spiro atoms. The molecule has 1 atom stereocenters. The standard InChI is InChI=1S/C21H24N4O4S/c1-23(2)25-18(13-19(26)22-14-5-9-16(28-3)10-6-14)20(27)24(21(25)30)15-7-11-17(29-4)12-8-15/h5-12,18H,13H2,1-4H3,(H,22,26). The first-order valence-corrected chi connectivity index (χ1v) is 9.69. The van der Waals surface area contributed by atoms with Crippen molar-refractivity contribution in [2.75, 3.05) is 38.5 Å². The summed E-state index contributed by atoms with van der Waals surface area (Å²) >= 11 is 5.56. The third kappa shape index (κ3) is 4.37. The second-order valence-electron chi connectivity index (χ2n) is 6.84. The van der Waals surface area contributed by atoms with Gasteiger partial charge in [-0.05, 0) is 60.7 Å². The van der Waals surface area contributed by atoms with Crippen molar-refractivity contribution in [1.82, 2.24) is 10.0 Å². The number of hydrogen-bond acceptors (Lipinski definition) is 6. The van der Waals surface area contributed by atoms with E-state index in [1.165, 1.54) is 4.90 Å². The molecule has 1 fully saturated rings. The van der Waals surface area contributed by atoms with Crippen LogP contribution in [0.5, 0.6) is 11.5 Å². The van der Waals surface area contributed by atoms with Crippen LogP contribution in [0.2, 0.25) is 0 Å². The maximum atomic E-state index is 13.2. The Bertz CT molecular complexity index is 931. The van der Waals surface area contributed by atoms with Gasteiger partial charge in [-0.3, -0.25) is 19.5 Å². The number of ether oxygens (including phenoxy) is 2. The van der Waals surface area contributed by atoms with Crippen LogP contribution in [0, 0.1) is 0 Å². The van der Waals surface area contributed by atoms with Crippen LogP contribution in [0.3, 0.4) is 0 Å². The average Bonchev–Trinajstić information content (AvgIpc) is 2.98. The first-order valence-electron chi connectivity index (χ1n) is 9.28. The smallest absolute Gasteiger partial charge is 0.258 e. The van der Waals surface area contributed by atoms with Crippen LogP contribution in [0.15, 0.2) is 48.5 Å². The van der Waals surface area contributed by atoms with Gasteiger partial charge in [-0.2, -0.15) is 0 Å². The highest BCUT2D eigenvalue weighted by Crippen LogP contribution is 2.29. The fourth-order valence-electron chi connectivity index (χ4n) is 3.24. The lowest BCUT2D eigenvalue weighted by atomic mass is 10.1. The Morgan fingerprint density at radius 3 is 2.07 bits per heavy atom. The molecule has 158 valence electrons. The Morgan fingerprint density at radius 1 is 1.03 bits per heavy atom. The monoisotopic (exact) mass is 428 g/mol. The minimum atomic E-state index is -0.743. The fourth-order valence-corrected chi connectivity index (χ4v) is 3.72. The van der Waals surface area contributed by atoms with Crippen LogP contribution in [0.25, 0.3) is 0 Å². The van der Waals surface area contributed by atoms with E-state index in [4.69, 9.17) is 21.7 Å². The number of thiocarbonyl (C=S) groups is 1. The van der Waals surface area contributed by atoms with Gasteiger partial charge >= 0.3 is 0 Å². The Labute approximate surface area is 180 Å². The summed E-state index contributed by atoms with van der Waals surface area (Å²) < 4.78 is 10.3. The number of rotatable bonds is 7. The molecule has 1 N–H and O–H groups in total. The normalized spacial score (nSPS) is 16.2. The number of carbonyl (C=O) groups excluding carboxylic acids is 2. The third-order valence-corrected chi connectivity index (χ3v) is 5.07. The summed E-state index contributed by atoms with van der Waals surface area (Å²) in [5.41, 5.74) is 1.24. The number of amides is 2. The quantitative estimate of drug-likeness (QED) is 0.679. The van der Waals surface area contributed by atoms with Crippen molar-refractivity contribution in [1.29, 1.82) is 0 Å². The number of hydrazine groups is 1. The van der Waals surface area contributed by atoms with Gasteiger partial charge in [0.1, 0.15) is 17.5 Å². The van der Waals surface area contributed by atoms with Crippen LogP contribution in [-0.2, 0) is 9.59 Å². The predicted octanol–water partition coefficient (Wildman–Crippen LogP) is 2.51. The van der Waals surface area contributed by atoms with Crippen LogP contribution in [0.1, 0.15) is 6.42 Å². The molecule has 1 saturated heterocycles. The summed E-state index contributed by atoms with van der Waals surface area (Å²) in [5, 5.41) is 6.50. The second kappa shape index (κ2) is 9.10. The molecule has 0 bridgehead atoms. The van der Waals surface area contributed by atoms with Crippen molar-refractivity contribution < 1.29 is 19.1 Å². The van der Waals surface area contributed by atoms with Gasteiger partial charge in [-0.1, -0.05) is 0 Å². The van der Waals surface area contributed by atoms with E-state index in [1.54, 1.807) is 86.9 Å². The van der Waals surface area contributed by atoms with Crippen molar-refractivity contribution in [3.05, 3.63) is 48.5 Å². The zero-order valence-corrected chi connectivity index (χ0v) is 18.1. The zero-order valence-electron chi connectivity index (χ0n) is 17.3. The second-order valence-corrected chi connectivity index (χ2v) is 7.21. The van der Waals surface area contributed by atoms with Crippen LogP contribution < -0.4 is 19.7 Å². The number of carbonyl (C=O) groups is 2. The number of nitrogens with one attached hydrogen (secondary N) is 1. The number of anilines is 2. The third-order valence-electron chi connectivity index (χ3n) is 4.70. The van der Waals surface area contributed by atoms with Crippen molar-refractivity contribution in [2.45, 2.75) is 12.5 Å². The lowest BCUT2D eigenvalue weighted by molar-refractivity contribution is -0.127. The molecule has 0 saturated carbocycles. The number of methoxy groups -OCH3 is 2. The van der Waals surface area contributed by atoms with Gasteiger partial charge in [0.15, 0.2) is 5.11 Å². The molecule has 8 nitrogen and oxygen atoms in total. The molecule has 2 aromatic rings. The van der Waals surface area contributed by atoms with E-state index in [-0.39, 0.29) is 18.2 Å². The minimum Gasteiger partial charge on any atom is -0.497 e. The molecular weight excluding hydrogens is 404 g/mol. The van der Waals surface area contributed by atoms with Gasteiger partial charge in [-0.25, -0.2) is 5.01 Å². The molecule has 0 aromatic heterocycles. The molecule has 3 rings (SSSR count). The Morgan fingerprint density at radius 2 is 1.57 bits per heavy atom. The zero-order chi connectivity index (χ0) is 21.8. The highest BCUT2D eigenvalue weighted by Gasteiger charge is 2.45. The maximum Gasteiger partial charge on any atom is 0.258 e. The topological polar surface area (TPSA) is 74.3 Å². The molecule has 1 aliphatic heterocycles. The van der Waals surface area contributed by atoms with E-state index in [0.29, 0.717) is 28.0 Å². The van der Waals surface area contributed by atoms with Crippen molar-refractivity contribution in [3.63, 3.8) is 0 Å². The van der Waals surface area contributed by atoms with Gasteiger partial charge in [0, 0.05) is 19.8 Å². The van der Waals surface area contributed by atoms with Gasteiger partial charge in [0.2, 0.25) is 5.91 Å². The first-order chi connectivity index (χ1) is 14.3. The summed E-state index contributed by atoms with van der Waals surface area (Å²) in [6, 6.07) is 13.3. The Kier molecular flexibility index (Phi) is 6.53. The van der Waals surface area contributed by atoms with Crippen molar-refractivity contribution in [3.8, 4) is 11.5 Å². The maximum absolute atomic E-state index is 13.2. The number of hydrogen-bond donors (Lipinski definition) is 1. The fraction of sp³-hybridized carbons (Fsp3) is 0.286. The predicted molar refractivity (Wildman–Crippen MR) is 119 cm³/mol. The molecule has 0 radical (unpaired) electrons. The first kappa shape index (κ1) is 21.5. The lowest BCUT2D eigenvalue weighted by Crippen LogP contribution is -2.46. The molecule has 30 heavy (non-hydrogen) atoms. The van der Waals surface area contributed by atoms with Gasteiger partial charge in [0.25, 0.3) is 5.91 Å². The highest BCUT2D eigenvalue weighted by atomic mass is 32.1. The van der Waals surface area contributed by atoms with E-state index >= 15 is 0 Å². The lowest BCUT2D eigenvalue weighted by Gasteiger charge is -2.29. The molecule has 1 unspecified atom stereocenters. The summed E-state index contributed by atoms with van der Waals surface area (Å²) in [6.07, 6.45) is -0.0458. The SMILES string of the molecule is COc1ccc(NC(=O)CC2C(=O)N(c3ccc(OC)cc3)C(=S)N2N(C)C)cc1. The van der Waals surface area contributed by atoms with E-state index in [0.717, 1.165) is 0 Å². The van der Waals surface area contributed by atoms with Crippen LogP contribution >= 0.6 is 12.2 Å². The van der Waals surface area contributed by atoms with Crippen LogP contribution in [0.4, 0.5) is 11.4 Å². The highest BCUT2D eigenvalue weighted by molar-refractivity contribution is 7.80. The largest absolute Gasteiger partial charge is 0.497 e. The van der Waals surface area contributed by atoms with Crippen LogP contribution in [-0.4, -0.2) is 61.3 Å². The summed E-state index contributed by atoms with van der Waals surface area (Å²) in [7, 11) is 6.72. The Hall–Kier alpha value is -3.17. The summed E-state index contributed by atoms with van der Waals surface area (Å²) in [6.45, 7) is 0. The van der Waals surface area contributed by atoms with Gasteiger partial charge in [0.05, 0.1) is 26.3 Å². The van der Waals surface area contributed by atoms with E-state index in [1.807, 2.05) is 0 Å². The molecule has 2 amide bonds. The van der Waals surface area contributed by atoms with Crippen molar-refractivity contribution >= 4 is 40.5 Å². The average molecular weight is 429 g/mol. The number of nitrogens with zero attached hydrogens (tertiary/aromatic N) is 3. The molecule has 0 aliphatic carbocycles. The Balaban J connectivity index is 1.78. The molecule has 2 aromatic carbocycles. The van der Waals surface area contributed by atoms with E-state index < -0.39 is 6.04 Å². The molecule has 9 heteroatoms.